The van der Waals surface area contributed by atoms with Gasteiger partial charge in [-0.05, 0) is 31.5 Å². The zero-order chi connectivity index (χ0) is 31.8. The number of nitrogens with zero attached hydrogens (tertiary/aromatic N) is 5. The Labute approximate surface area is 256 Å². The second-order valence-electron chi connectivity index (χ2n) is 11.4. The summed E-state index contributed by atoms with van der Waals surface area (Å²) in [5, 5.41) is 5.91. The fraction of sp³-hybridized carbons (Fsp3) is 0.419. The number of hydrogen-bond acceptors (Lipinski definition) is 9. The van der Waals surface area contributed by atoms with Crippen LogP contribution in [-0.2, 0) is 16.6 Å². The van der Waals surface area contributed by atoms with E-state index in [1.54, 1.807) is 25.3 Å². The summed E-state index contributed by atoms with van der Waals surface area (Å²) < 4.78 is 71.5. The molecule has 238 valence electrons. The lowest BCUT2D eigenvalue weighted by molar-refractivity contribution is -0.165. The van der Waals surface area contributed by atoms with Crippen LogP contribution >= 0.6 is 0 Å². The van der Waals surface area contributed by atoms with Crippen LogP contribution in [0.15, 0.2) is 47.1 Å². The lowest BCUT2D eigenvalue weighted by Gasteiger charge is -2.32. The predicted molar refractivity (Wildman–Crippen MR) is 157 cm³/mol. The SMILES string of the molecule is COc1cc2nc(-c3ccc(CC(=O)Nc4cc(C5(C(F)(F)F)CC5)on4)c(F)c3)cnc2cc1OCCN1CCN(C)CC1. The van der Waals surface area contributed by atoms with E-state index in [9.17, 15) is 18.0 Å². The van der Waals surface area contributed by atoms with E-state index in [0.717, 1.165) is 38.8 Å². The zero-order valence-corrected chi connectivity index (χ0v) is 24.8. The number of methoxy groups -OCH3 is 1. The van der Waals surface area contributed by atoms with Crippen molar-refractivity contribution in [2.24, 2.45) is 0 Å². The Hall–Kier alpha value is -4.30. The van der Waals surface area contributed by atoms with E-state index in [1.807, 2.05) is 0 Å². The Kier molecular flexibility index (Phi) is 8.35. The van der Waals surface area contributed by atoms with Crippen molar-refractivity contribution in [1.82, 2.24) is 24.9 Å². The number of likely N-dealkylation sites (N-methyl/N-ethyl adjacent to an activating group) is 1. The average molecular weight is 629 g/mol. The van der Waals surface area contributed by atoms with Gasteiger partial charge in [-0.2, -0.15) is 13.2 Å². The summed E-state index contributed by atoms with van der Waals surface area (Å²) in [7, 11) is 3.66. The molecule has 0 spiro atoms. The topological polar surface area (TPSA) is 106 Å². The maximum atomic E-state index is 15.1. The molecule has 1 N–H and O–H groups in total. The van der Waals surface area contributed by atoms with Gasteiger partial charge < -0.3 is 24.2 Å². The van der Waals surface area contributed by atoms with E-state index in [0.29, 0.717) is 40.4 Å². The number of alkyl halides is 3. The molecule has 2 aromatic carbocycles. The molecule has 1 saturated carbocycles. The van der Waals surface area contributed by atoms with Gasteiger partial charge >= 0.3 is 6.18 Å². The minimum atomic E-state index is -4.47. The maximum absolute atomic E-state index is 15.1. The summed E-state index contributed by atoms with van der Waals surface area (Å²) >= 11 is 0. The van der Waals surface area contributed by atoms with Gasteiger partial charge in [-0.25, -0.2) is 9.37 Å². The largest absolute Gasteiger partial charge is 0.493 e. The van der Waals surface area contributed by atoms with Crippen molar-refractivity contribution in [2.75, 3.05) is 58.8 Å². The molecular formula is C31H32F4N6O4. The number of ether oxygens (including phenoxy) is 2. The number of benzene rings is 2. The van der Waals surface area contributed by atoms with Crippen LogP contribution in [0.1, 0.15) is 24.2 Å². The summed E-state index contributed by atoms with van der Waals surface area (Å²) in [6.07, 6.45) is -3.50. The standard InChI is InChI=1S/C31H32F4N6O4/c1-40-7-9-41(10-8-40)11-12-44-26-15-22-23(16-25(26)43-2)37-24(18-36-22)20-4-3-19(21(32)13-20)14-29(42)38-28-17-27(45-39-28)30(5-6-30)31(33,34)35/h3-4,13,15-18H,5-12,14H2,1-2H3,(H,38,39,42). The number of anilines is 1. The van der Waals surface area contributed by atoms with Crippen LogP contribution in [0.2, 0.25) is 0 Å². The summed E-state index contributed by atoms with van der Waals surface area (Å²) in [6.45, 7) is 5.35. The fourth-order valence-electron chi connectivity index (χ4n) is 5.35. The Morgan fingerprint density at radius 1 is 1.07 bits per heavy atom. The Morgan fingerprint density at radius 3 is 2.51 bits per heavy atom. The number of aromatic nitrogens is 3. The number of nitrogens with one attached hydrogen (secondary N) is 1. The highest BCUT2D eigenvalue weighted by Gasteiger charge is 2.66. The third-order valence-electron chi connectivity index (χ3n) is 8.33. The van der Waals surface area contributed by atoms with Gasteiger partial charge in [0.1, 0.15) is 17.8 Å². The Bertz CT molecular complexity index is 1700. The summed E-state index contributed by atoms with van der Waals surface area (Å²) in [5.41, 5.74) is 0.00888. The second kappa shape index (κ2) is 12.2. The number of fused-ring (bicyclic) bond motifs is 1. The number of rotatable bonds is 10. The first-order chi connectivity index (χ1) is 21.5. The van der Waals surface area contributed by atoms with Crippen molar-refractivity contribution in [3.63, 3.8) is 0 Å². The summed E-state index contributed by atoms with van der Waals surface area (Å²) in [4.78, 5) is 26.3. The van der Waals surface area contributed by atoms with E-state index in [2.05, 4.69) is 37.3 Å². The maximum Gasteiger partial charge on any atom is 0.401 e. The molecule has 2 aliphatic rings. The van der Waals surface area contributed by atoms with Crippen molar-refractivity contribution in [3.05, 3.63) is 59.7 Å². The van der Waals surface area contributed by atoms with Crippen molar-refractivity contribution < 1.29 is 36.4 Å². The lowest BCUT2D eigenvalue weighted by Crippen LogP contribution is -2.45. The highest BCUT2D eigenvalue weighted by atomic mass is 19.4. The molecule has 1 aliphatic carbocycles. The van der Waals surface area contributed by atoms with Gasteiger partial charge in [0, 0.05) is 56.5 Å². The lowest BCUT2D eigenvalue weighted by atomic mass is 10.0. The molecule has 1 saturated heterocycles. The molecule has 1 amide bonds. The minimum Gasteiger partial charge on any atom is -0.493 e. The second-order valence-corrected chi connectivity index (χ2v) is 11.4. The predicted octanol–water partition coefficient (Wildman–Crippen LogP) is 4.83. The van der Waals surface area contributed by atoms with Crippen LogP contribution in [0.3, 0.4) is 0 Å². The molecule has 6 rings (SSSR count). The smallest absolute Gasteiger partial charge is 0.401 e. The highest BCUT2D eigenvalue weighted by Crippen LogP contribution is 2.59. The number of carbonyl (C=O) groups excluding carboxylic acids is 1. The van der Waals surface area contributed by atoms with E-state index >= 15 is 4.39 Å². The van der Waals surface area contributed by atoms with Gasteiger partial charge in [-0.15, -0.1) is 0 Å². The van der Waals surface area contributed by atoms with Crippen LogP contribution in [0.4, 0.5) is 23.4 Å². The molecule has 2 aromatic heterocycles. The third kappa shape index (κ3) is 6.57. The van der Waals surface area contributed by atoms with Gasteiger partial charge in [0.2, 0.25) is 5.91 Å². The van der Waals surface area contributed by atoms with E-state index in [4.69, 9.17) is 14.0 Å². The number of piperazine rings is 1. The van der Waals surface area contributed by atoms with Crippen molar-refractivity contribution >= 4 is 22.8 Å². The van der Waals surface area contributed by atoms with Crippen molar-refractivity contribution in [3.8, 4) is 22.8 Å². The first kappa shape index (κ1) is 30.7. The molecule has 3 heterocycles. The van der Waals surface area contributed by atoms with E-state index in [-0.39, 0.29) is 36.4 Å². The van der Waals surface area contributed by atoms with Gasteiger partial charge in [-0.3, -0.25) is 14.7 Å². The van der Waals surface area contributed by atoms with E-state index in [1.165, 1.54) is 18.3 Å². The number of amides is 1. The van der Waals surface area contributed by atoms with Gasteiger partial charge in [0.05, 0.1) is 36.5 Å². The van der Waals surface area contributed by atoms with E-state index < -0.39 is 23.3 Å². The molecule has 14 heteroatoms. The zero-order valence-electron chi connectivity index (χ0n) is 24.8. The normalized spacial score (nSPS) is 16.9. The van der Waals surface area contributed by atoms with Gasteiger partial charge in [0.25, 0.3) is 0 Å². The quantitative estimate of drug-likeness (QED) is 0.247. The monoisotopic (exact) mass is 628 g/mol. The number of hydrogen-bond donors (Lipinski definition) is 1. The molecule has 0 bridgehead atoms. The molecule has 1 aliphatic heterocycles. The number of halogens is 4. The van der Waals surface area contributed by atoms with Gasteiger partial charge in [0.15, 0.2) is 23.1 Å². The number of carbonyl (C=O) groups is 1. The summed E-state index contributed by atoms with van der Waals surface area (Å²) in [6, 6.07) is 8.87. The van der Waals surface area contributed by atoms with Crippen molar-refractivity contribution in [2.45, 2.75) is 30.9 Å². The summed E-state index contributed by atoms with van der Waals surface area (Å²) in [5.74, 6) is -0.750. The molecule has 0 unspecified atom stereocenters. The van der Waals surface area contributed by atoms with Crippen LogP contribution in [0.25, 0.3) is 22.3 Å². The van der Waals surface area contributed by atoms with Crippen LogP contribution in [0, 0.1) is 5.82 Å². The Balaban J connectivity index is 1.10. The van der Waals surface area contributed by atoms with Crippen LogP contribution in [-0.4, -0.2) is 90.5 Å². The average Bonchev–Trinajstić information content (AvgIpc) is 3.72. The van der Waals surface area contributed by atoms with Crippen molar-refractivity contribution in [1.29, 1.82) is 0 Å². The molecule has 10 nitrogen and oxygen atoms in total. The molecular weight excluding hydrogens is 596 g/mol. The third-order valence-corrected chi connectivity index (χ3v) is 8.33. The van der Waals surface area contributed by atoms with Crippen LogP contribution < -0.4 is 14.8 Å². The molecule has 0 atom stereocenters. The first-order valence-electron chi connectivity index (χ1n) is 14.6. The highest BCUT2D eigenvalue weighted by molar-refractivity contribution is 5.91. The first-order valence-corrected chi connectivity index (χ1v) is 14.6. The molecule has 0 radical (unpaired) electrons. The fourth-order valence-corrected chi connectivity index (χ4v) is 5.35. The minimum absolute atomic E-state index is 0.0858. The molecule has 2 fully saturated rings. The molecule has 45 heavy (non-hydrogen) atoms. The van der Waals surface area contributed by atoms with Crippen LogP contribution in [0.5, 0.6) is 11.5 Å². The molecule has 4 aromatic rings. The van der Waals surface area contributed by atoms with Gasteiger partial charge in [-0.1, -0.05) is 17.3 Å². The Morgan fingerprint density at radius 2 is 1.82 bits per heavy atom.